The van der Waals surface area contributed by atoms with Gasteiger partial charge < -0.3 is 25.0 Å². The number of ether oxygens (including phenoxy) is 2. The number of carbonyl (C=O) groups excluding carboxylic acids is 2. The smallest absolute Gasteiger partial charge is 0.409 e. The van der Waals surface area contributed by atoms with Crippen LogP contribution < -0.4 is 10.5 Å². The standard InChI is InChI=1S/C28H37F2N3O4/c1-32(2)26(34)15-20-14-24(30)25(16-23(20)29)36-13-10-22-17-28(22,31)21-8-11-33(12-9-21)27(35)37-18-19-6-4-3-5-7-19/h3-6,14,16,19,21-22H,7-13,15,17-18,31H2,1-2H3. The third-order valence-corrected chi connectivity index (χ3v) is 7.87. The number of amides is 2. The predicted octanol–water partition coefficient (Wildman–Crippen LogP) is 4.06. The van der Waals surface area contributed by atoms with E-state index >= 15 is 0 Å². The molecule has 37 heavy (non-hydrogen) atoms. The Morgan fingerprint density at radius 2 is 1.92 bits per heavy atom. The molecule has 0 aromatic heterocycles. The molecule has 1 saturated heterocycles. The van der Waals surface area contributed by atoms with Crippen LogP contribution in [0.25, 0.3) is 0 Å². The SMILES string of the molecule is CN(C)C(=O)Cc1cc(F)c(OCCC2CC2(N)C2CCN(C(=O)OCC3C=CC=CC3)CC2)cc1F. The van der Waals surface area contributed by atoms with E-state index in [2.05, 4.69) is 12.2 Å². The number of halogens is 2. The minimum atomic E-state index is -0.687. The Hall–Kier alpha value is -2.94. The molecule has 2 aliphatic carbocycles. The molecule has 0 bridgehead atoms. The molecule has 2 N–H and O–H groups in total. The molecule has 202 valence electrons. The van der Waals surface area contributed by atoms with Crippen molar-refractivity contribution >= 4 is 12.0 Å². The van der Waals surface area contributed by atoms with Crippen molar-refractivity contribution in [2.45, 2.75) is 44.1 Å². The van der Waals surface area contributed by atoms with Crippen LogP contribution >= 0.6 is 0 Å². The Morgan fingerprint density at radius 3 is 2.59 bits per heavy atom. The Morgan fingerprint density at radius 1 is 1.16 bits per heavy atom. The molecule has 3 unspecified atom stereocenters. The van der Waals surface area contributed by atoms with Crippen molar-refractivity contribution < 1.29 is 27.8 Å². The molecule has 0 radical (unpaired) electrons. The summed E-state index contributed by atoms with van der Waals surface area (Å²) in [7, 11) is 3.13. The lowest BCUT2D eigenvalue weighted by Crippen LogP contribution is -2.46. The van der Waals surface area contributed by atoms with E-state index in [4.69, 9.17) is 15.2 Å². The van der Waals surface area contributed by atoms with Crippen molar-refractivity contribution in [2.75, 3.05) is 40.4 Å². The van der Waals surface area contributed by atoms with Gasteiger partial charge in [0, 0.05) is 50.3 Å². The maximum Gasteiger partial charge on any atom is 0.409 e. The van der Waals surface area contributed by atoms with E-state index in [0.29, 0.717) is 32.0 Å². The van der Waals surface area contributed by atoms with Gasteiger partial charge >= 0.3 is 6.09 Å². The van der Waals surface area contributed by atoms with Gasteiger partial charge in [-0.25, -0.2) is 13.6 Å². The van der Waals surface area contributed by atoms with Crippen molar-refractivity contribution in [1.82, 2.24) is 9.80 Å². The zero-order chi connectivity index (χ0) is 26.6. The average molecular weight is 518 g/mol. The number of piperidine rings is 1. The number of hydrogen-bond acceptors (Lipinski definition) is 5. The second-order valence-electron chi connectivity index (χ2n) is 10.6. The van der Waals surface area contributed by atoms with Gasteiger partial charge in [0.2, 0.25) is 5.91 Å². The number of allylic oxidation sites excluding steroid dienone is 3. The van der Waals surface area contributed by atoms with Gasteiger partial charge in [0.15, 0.2) is 11.6 Å². The third-order valence-electron chi connectivity index (χ3n) is 7.87. The predicted molar refractivity (Wildman–Crippen MR) is 136 cm³/mol. The highest BCUT2D eigenvalue weighted by Gasteiger charge is 2.55. The number of rotatable bonds is 9. The van der Waals surface area contributed by atoms with Gasteiger partial charge in [0.25, 0.3) is 0 Å². The topological polar surface area (TPSA) is 85.1 Å². The third kappa shape index (κ3) is 6.69. The molecule has 1 aromatic rings. The lowest BCUT2D eigenvalue weighted by Gasteiger charge is -2.35. The van der Waals surface area contributed by atoms with E-state index in [9.17, 15) is 18.4 Å². The second kappa shape index (κ2) is 11.6. The zero-order valence-corrected chi connectivity index (χ0v) is 21.6. The molecule has 9 heteroatoms. The number of nitrogens with zero attached hydrogens (tertiary/aromatic N) is 2. The summed E-state index contributed by atoms with van der Waals surface area (Å²) in [5, 5.41) is 0. The largest absolute Gasteiger partial charge is 0.490 e. The molecular weight excluding hydrogens is 480 g/mol. The summed E-state index contributed by atoms with van der Waals surface area (Å²) >= 11 is 0. The summed E-state index contributed by atoms with van der Waals surface area (Å²) in [6.45, 7) is 1.87. The zero-order valence-electron chi connectivity index (χ0n) is 21.6. The van der Waals surface area contributed by atoms with Gasteiger partial charge in [-0.1, -0.05) is 24.3 Å². The van der Waals surface area contributed by atoms with Crippen LogP contribution in [0, 0.1) is 29.4 Å². The van der Waals surface area contributed by atoms with Crippen molar-refractivity contribution in [3.05, 3.63) is 53.6 Å². The van der Waals surface area contributed by atoms with Gasteiger partial charge in [-0.2, -0.15) is 0 Å². The minimum absolute atomic E-state index is 0.00456. The monoisotopic (exact) mass is 517 g/mol. The lowest BCUT2D eigenvalue weighted by molar-refractivity contribution is -0.128. The molecule has 1 aliphatic heterocycles. The summed E-state index contributed by atoms with van der Waals surface area (Å²) in [5.74, 6) is -1.03. The van der Waals surface area contributed by atoms with Crippen molar-refractivity contribution in [2.24, 2.45) is 23.5 Å². The fourth-order valence-electron chi connectivity index (χ4n) is 5.31. The second-order valence-corrected chi connectivity index (χ2v) is 10.6. The van der Waals surface area contributed by atoms with Crippen LogP contribution in [-0.2, 0) is 16.0 Å². The maximum atomic E-state index is 14.4. The molecule has 4 rings (SSSR count). The van der Waals surface area contributed by atoms with Crippen LogP contribution in [0.5, 0.6) is 5.75 Å². The Bertz CT molecular complexity index is 1050. The molecule has 2 fully saturated rings. The number of carbonyl (C=O) groups is 2. The van der Waals surface area contributed by atoms with E-state index < -0.39 is 11.6 Å². The molecule has 2 amide bonds. The van der Waals surface area contributed by atoms with Gasteiger partial charge in [-0.3, -0.25) is 4.79 Å². The van der Waals surface area contributed by atoms with Gasteiger partial charge in [-0.15, -0.1) is 0 Å². The van der Waals surface area contributed by atoms with Gasteiger partial charge in [-0.05, 0) is 50.0 Å². The van der Waals surface area contributed by atoms with Crippen LogP contribution in [0.15, 0.2) is 36.4 Å². The van der Waals surface area contributed by atoms with Crippen molar-refractivity contribution in [1.29, 1.82) is 0 Å². The van der Waals surface area contributed by atoms with E-state index in [0.717, 1.165) is 37.8 Å². The van der Waals surface area contributed by atoms with Crippen molar-refractivity contribution in [3.8, 4) is 5.75 Å². The van der Waals surface area contributed by atoms with Crippen LogP contribution in [0.3, 0.4) is 0 Å². The first-order chi connectivity index (χ1) is 17.7. The molecule has 1 saturated carbocycles. The summed E-state index contributed by atoms with van der Waals surface area (Å²) in [6.07, 6.45) is 11.7. The van der Waals surface area contributed by atoms with Crippen LogP contribution in [0.4, 0.5) is 13.6 Å². The first-order valence-electron chi connectivity index (χ1n) is 13.0. The minimum Gasteiger partial charge on any atom is -0.490 e. The molecule has 1 aromatic carbocycles. The lowest BCUT2D eigenvalue weighted by atomic mass is 9.86. The number of likely N-dealkylation sites (tertiary alicyclic amines) is 1. The number of benzene rings is 1. The molecule has 0 spiro atoms. The number of hydrogen-bond donors (Lipinski definition) is 1. The number of nitrogens with two attached hydrogens (primary N) is 1. The number of likely N-dealkylation sites (N-methyl/N-ethyl adjacent to an activating group) is 1. The van der Waals surface area contributed by atoms with Gasteiger partial charge in [0.1, 0.15) is 5.82 Å². The summed E-state index contributed by atoms with van der Waals surface area (Å²) < 4.78 is 39.9. The van der Waals surface area contributed by atoms with E-state index in [1.807, 2.05) is 12.2 Å². The molecular formula is C28H37F2N3O4. The van der Waals surface area contributed by atoms with Crippen LogP contribution in [-0.4, -0.2) is 67.7 Å². The quantitative estimate of drug-likeness (QED) is 0.534. The van der Waals surface area contributed by atoms with E-state index in [1.54, 1.807) is 19.0 Å². The molecule has 3 aliphatic rings. The van der Waals surface area contributed by atoms with Gasteiger partial charge in [0.05, 0.1) is 19.6 Å². The van der Waals surface area contributed by atoms with E-state index in [-0.39, 0.29) is 53.7 Å². The molecule has 1 heterocycles. The average Bonchev–Trinajstić information content (AvgIpc) is 3.56. The Balaban J connectivity index is 1.18. The summed E-state index contributed by atoms with van der Waals surface area (Å²) in [5.41, 5.74) is 6.39. The highest BCUT2D eigenvalue weighted by Crippen LogP contribution is 2.52. The Labute approximate surface area is 217 Å². The Kier molecular flexibility index (Phi) is 8.52. The normalized spacial score (nSPS) is 25.2. The highest BCUT2D eigenvalue weighted by atomic mass is 19.1. The summed E-state index contributed by atoms with van der Waals surface area (Å²) in [6, 6.07) is 2.03. The van der Waals surface area contributed by atoms with Crippen LogP contribution in [0.2, 0.25) is 0 Å². The fourth-order valence-corrected chi connectivity index (χ4v) is 5.31. The molecule has 3 atom stereocenters. The highest BCUT2D eigenvalue weighted by molar-refractivity contribution is 5.78. The van der Waals surface area contributed by atoms with Crippen molar-refractivity contribution in [3.63, 3.8) is 0 Å². The first-order valence-corrected chi connectivity index (χ1v) is 13.0. The van der Waals surface area contributed by atoms with Crippen LogP contribution in [0.1, 0.15) is 37.7 Å². The summed E-state index contributed by atoms with van der Waals surface area (Å²) in [4.78, 5) is 27.3. The molecule has 7 nitrogen and oxygen atoms in total. The maximum absolute atomic E-state index is 14.4. The van der Waals surface area contributed by atoms with E-state index in [1.165, 1.54) is 4.90 Å². The fraction of sp³-hybridized carbons (Fsp3) is 0.571. The first kappa shape index (κ1) is 27.1.